The van der Waals surface area contributed by atoms with E-state index in [-0.39, 0.29) is 5.56 Å². The summed E-state index contributed by atoms with van der Waals surface area (Å²) in [6.07, 6.45) is 0. The number of hydrogen-bond acceptors (Lipinski definition) is 6. The molecule has 0 fully saturated rings. The molecule has 0 atom stereocenters. The Morgan fingerprint density at radius 1 is 0.788 bits per heavy atom. The van der Waals surface area contributed by atoms with E-state index in [1.165, 1.54) is 10.7 Å². The fraction of sp³-hybridized carbons (Fsp3) is 0. The second-order valence-corrected chi connectivity index (χ2v) is 7.47. The molecule has 3 aromatic carbocycles. The standard InChI is InChI=1S/C25H17N7O/c33-21-15-20-22(31-32(21)17-11-5-2-6-12-17)25(30-29-20)28-24-18-13-7-8-14-19(18)26-23(27-24)16-9-3-1-4-10-16/h1-15,29H,(H,26,27,28,30). The average Bonchev–Trinajstić information content (AvgIpc) is 3.25. The molecule has 3 aromatic heterocycles. The molecule has 3 heterocycles. The summed E-state index contributed by atoms with van der Waals surface area (Å²) in [6.45, 7) is 0. The molecule has 8 heteroatoms. The first-order valence-corrected chi connectivity index (χ1v) is 10.4. The van der Waals surface area contributed by atoms with Gasteiger partial charge < -0.3 is 5.32 Å². The molecule has 2 N–H and O–H groups in total. The molecule has 0 saturated carbocycles. The van der Waals surface area contributed by atoms with Crippen molar-refractivity contribution in [3.05, 3.63) is 101 Å². The molecule has 0 radical (unpaired) electrons. The van der Waals surface area contributed by atoms with Crippen molar-refractivity contribution in [3.8, 4) is 17.1 Å². The fourth-order valence-corrected chi connectivity index (χ4v) is 3.73. The Hall–Kier alpha value is -4.85. The van der Waals surface area contributed by atoms with E-state index in [1.54, 1.807) is 0 Å². The third-order valence-electron chi connectivity index (χ3n) is 5.32. The van der Waals surface area contributed by atoms with Gasteiger partial charge in [0.2, 0.25) is 0 Å². The fourth-order valence-electron chi connectivity index (χ4n) is 3.73. The maximum Gasteiger partial charge on any atom is 0.273 e. The number of aromatic amines is 1. The van der Waals surface area contributed by atoms with Crippen LogP contribution < -0.4 is 10.9 Å². The number of anilines is 2. The summed E-state index contributed by atoms with van der Waals surface area (Å²) in [5.41, 5.74) is 3.22. The van der Waals surface area contributed by atoms with Crippen LogP contribution in [0.15, 0.2) is 95.8 Å². The Labute approximate surface area is 187 Å². The topological polar surface area (TPSA) is 101 Å². The van der Waals surface area contributed by atoms with Crippen LogP contribution in [-0.4, -0.2) is 29.9 Å². The summed E-state index contributed by atoms with van der Waals surface area (Å²) in [7, 11) is 0. The van der Waals surface area contributed by atoms with Crippen molar-refractivity contribution in [1.29, 1.82) is 0 Å². The minimum atomic E-state index is -0.247. The lowest BCUT2D eigenvalue weighted by molar-refractivity contribution is 0.832. The molecule has 6 aromatic rings. The zero-order valence-electron chi connectivity index (χ0n) is 17.3. The van der Waals surface area contributed by atoms with Crippen molar-refractivity contribution in [1.82, 2.24) is 29.9 Å². The van der Waals surface area contributed by atoms with Gasteiger partial charge in [0.05, 0.1) is 16.7 Å². The van der Waals surface area contributed by atoms with Crippen LogP contribution in [0, 0.1) is 0 Å². The number of aromatic nitrogens is 6. The minimum absolute atomic E-state index is 0.247. The Balaban J connectivity index is 1.50. The highest BCUT2D eigenvalue weighted by molar-refractivity contribution is 5.95. The number of rotatable bonds is 4. The first-order chi connectivity index (χ1) is 16.3. The summed E-state index contributed by atoms with van der Waals surface area (Å²) in [6, 6.07) is 28.3. The lowest BCUT2D eigenvalue weighted by Crippen LogP contribution is -2.19. The summed E-state index contributed by atoms with van der Waals surface area (Å²) < 4.78 is 1.36. The van der Waals surface area contributed by atoms with Crippen LogP contribution in [0.2, 0.25) is 0 Å². The van der Waals surface area contributed by atoms with Crippen molar-refractivity contribution < 1.29 is 0 Å². The zero-order chi connectivity index (χ0) is 22.2. The van der Waals surface area contributed by atoms with Crippen molar-refractivity contribution in [3.63, 3.8) is 0 Å². The summed E-state index contributed by atoms with van der Waals surface area (Å²) in [4.78, 5) is 22.1. The van der Waals surface area contributed by atoms with Crippen LogP contribution in [0.5, 0.6) is 0 Å². The van der Waals surface area contributed by atoms with Gasteiger partial charge in [-0.25, -0.2) is 9.97 Å². The molecule has 0 amide bonds. The Kier molecular flexibility index (Phi) is 4.40. The van der Waals surface area contributed by atoms with Crippen molar-refractivity contribution in [2.45, 2.75) is 0 Å². The van der Waals surface area contributed by atoms with Gasteiger partial charge in [0.25, 0.3) is 5.56 Å². The normalized spacial score (nSPS) is 11.2. The molecular weight excluding hydrogens is 414 g/mol. The number of H-pyrrole nitrogens is 1. The van der Waals surface area contributed by atoms with Gasteiger partial charge in [-0.05, 0) is 24.3 Å². The van der Waals surface area contributed by atoms with Gasteiger partial charge in [0.15, 0.2) is 17.2 Å². The highest BCUT2D eigenvalue weighted by Gasteiger charge is 2.15. The van der Waals surface area contributed by atoms with Gasteiger partial charge in [-0.3, -0.25) is 9.89 Å². The molecule has 8 nitrogen and oxygen atoms in total. The second-order valence-electron chi connectivity index (χ2n) is 7.47. The van der Waals surface area contributed by atoms with E-state index >= 15 is 0 Å². The number of para-hydroxylation sites is 2. The molecule has 0 unspecified atom stereocenters. The van der Waals surface area contributed by atoms with Crippen LogP contribution in [0.4, 0.5) is 11.6 Å². The largest absolute Gasteiger partial charge is 0.321 e. The van der Waals surface area contributed by atoms with Gasteiger partial charge in [-0.15, -0.1) is 0 Å². The highest BCUT2D eigenvalue weighted by Crippen LogP contribution is 2.28. The van der Waals surface area contributed by atoms with E-state index < -0.39 is 0 Å². The molecule has 158 valence electrons. The van der Waals surface area contributed by atoms with Gasteiger partial charge in [0, 0.05) is 17.0 Å². The zero-order valence-corrected chi connectivity index (χ0v) is 17.3. The highest BCUT2D eigenvalue weighted by atomic mass is 16.1. The third-order valence-corrected chi connectivity index (χ3v) is 5.32. The van der Waals surface area contributed by atoms with Gasteiger partial charge >= 0.3 is 0 Å². The molecule has 0 aliphatic carbocycles. The number of nitrogens with zero attached hydrogens (tertiary/aromatic N) is 5. The number of fused-ring (bicyclic) bond motifs is 2. The molecule has 0 spiro atoms. The molecule has 33 heavy (non-hydrogen) atoms. The quantitative estimate of drug-likeness (QED) is 0.427. The lowest BCUT2D eigenvalue weighted by Gasteiger charge is -2.10. The van der Waals surface area contributed by atoms with Gasteiger partial charge in [-0.1, -0.05) is 60.7 Å². The Morgan fingerprint density at radius 2 is 1.52 bits per heavy atom. The maximum atomic E-state index is 12.6. The lowest BCUT2D eigenvalue weighted by atomic mass is 10.2. The van der Waals surface area contributed by atoms with Gasteiger partial charge in [-0.2, -0.15) is 14.9 Å². The van der Waals surface area contributed by atoms with E-state index in [0.29, 0.717) is 34.2 Å². The van der Waals surface area contributed by atoms with Crippen LogP contribution in [0.1, 0.15) is 0 Å². The molecule has 6 rings (SSSR count). The van der Waals surface area contributed by atoms with Crippen LogP contribution in [0.3, 0.4) is 0 Å². The van der Waals surface area contributed by atoms with Crippen LogP contribution >= 0.6 is 0 Å². The first kappa shape index (κ1) is 18.9. The Bertz CT molecular complexity index is 1660. The number of benzene rings is 3. The molecule has 0 bridgehead atoms. The number of nitrogens with one attached hydrogen (secondary N) is 2. The molecule has 0 saturated heterocycles. The molecule has 0 aliphatic heterocycles. The molecule has 0 aliphatic rings. The van der Waals surface area contributed by atoms with E-state index in [4.69, 9.17) is 9.97 Å². The molecular formula is C25H17N7O. The second kappa shape index (κ2) is 7.69. The van der Waals surface area contributed by atoms with E-state index in [1.807, 2.05) is 84.9 Å². The predicted octanol–water partition coefficient (Wildman–Crippen LogP) is 4.46. The monoisotopic (exact) mass is 431 g/mol. The average molecular weight is 431 g/mol. The SMILES string of the molecule is O=c1cc2[nH]nc(Nc3nc(-c4ccccc4)nc4ccccc34)c2nn1-c1ccccc1. The summed E-state index contributed by atoms with van der Waals surface area (Å²) >= 11 is 0. The maximum absolute atomic E-state index is 12.6. The predicted molar refractivity (Wildman–Crippen MR) is 128 cm³/mol. The van der Waals surface area contributed by atoms with Crippen molar-refractivity contribution in [2.75, 3.05) is 5.32 Å². The van der Waals surface area contributed by atoms with E-state index in [2.05, 4.69) is 20.6 Å². The summed E-state index contributed by atoms with van der Waals surface area (Å²) in [5, 5.41) is 16.0. The Morgan fingerprint density at radius 3 is 2.33 bits per heavy atom. The van der Waals surface area contributed by atoms with Crippen molar-refractivity contribution in [2.24, 2.45) is 0 Å². The minimum Gasteiger partial charge on any atom is -0.321 e. The van der Waals surface area contributed by atoms with E-state index in [9.17, 15) is 4.79 Å². The number of hydrogen-bond donors (Lipinski definition) is 2. The van der Waals surface area contributed by atoms with Gasteiger partial charge in [0.1, 0.15) is 5.82 Å². The van der Waals surface area contributed by atoms with Crippen LogP contribution in [0.25, 0.3) is 39.0 Å². The van der Waals surface area contributed by atoms with Crippen molar-refractivity contribution >= 4 is 33.6 Å². The van der Waals surface area contributed by atoms with Crippen LogP contribution in [-0.2, 0) is 0 Å². The summed E-state index contributed by atoms with van der Waals surface area (Å²) in [5.74, 6) is 1.68. The third kappa shape index (κ3) is 3.39. The smallest absolute Gasteiger partial charge is 0.273 e. The van der Waals surface area contributed by atoms with E-state index in [0.717, 1.165) is 16.5 Å². The first-order valence-electron chi connectivity index (χ1n) is 10.4.